The Morgan fingerprint density at radius 3 is 1.73 bits per heavy atom. The van der Waals surface area contributed by atoms with Crippen molar-refractivity contribution in [3.63, 3.8) is 0 Å². The van der Waals surface area contributed by atoms with Crippen molar-refractivity contribution in [2.24, 2.45) is 11.8 Å². The maximum Gasteiger partial charge on any atom is 0.310 e. The predicted molar refractivity (Wildman–Crippen MR) is 56.2 cm³/mol. The molecule has 0 saturated heterocycles. The van der Waals surface area contributed by atoms with Crippen LogP contribution >= 0.6 is 0 Å². The second-order valence-corrected chi connectivity index (χ2v) is 4.63. The first-order chi connectivity index (χ1) is 6.69. The Labute approximate surface area is 90.9 Å². The summed E-state index contributed by atoms with van der Waals surface area (Å²) in [5.74, 6) is -1.74. The van der Waals surface area contributed by atoms with Crippen molar-refractivity contribution in [3.05, 3.63) is 0 Å². The van der Waals surface area contributed by atoms with Crippen LogP contribution in [0.4, 0.5) is 0 Å². The summed E-state index contributed by atoms with van der Waals surface area (Å²) in [6.45, 7) is 8.69. The van der Waals surface area contributed by atoms with E-state index in [1.54, 1.807) is 34.6 Å². The molecule has 15 heavy (non-hydrogen) atoms. The lowest BCUT2D eigenvalue weighted by Gasteiger charge is -2.24. The van der Waals surface area contributed by atoms with Crippen LogP contribution < -0.4 is 0 Å². The first kappa shape index (κ1) is 13.9. The Morgan fingerprint density at radius 1 is 1.00 bits per heavy atom. The second kappa shape index (κ2) is 5.14. The van der Waals surface area contributed by atoms with Gasteiger partial charge in [0.25, 0.3) is 0 Å². The standard InChI is InChI=1S/C11H20O4/c1-7(9(12)14-6)8(2)10(13)15-11(3,4)5/h7-8H,1-6H3/t7-,8-/m1/s1. The molecule has 0 spiro atoms. The Balaban J connectivity index is 4.39. The van der Waals surface area contributed by atoms with Crippen molar-refractivity contribution >= 4 is 11.9 Å². The van der Waals surface area contributed by atoms with Gasteiger partial charge >= 0.3 is 11.9 Å². The molecule has 0 aliphatic rings. The summed E-state index contributed by atoms with van der Waals surface area (Å²) in [7, 11) is 1.31. The van der Waals surface area contributed by atoms with Crippen LogP contribution in [0.3, 0.4) is 0 Å². The molecule has 4 heteroatoms. The van der Waals surface area contributed by atoms with Crippen molar-refractivity contribution in [1.82, 2.24) is 0 Å². The maximum absolute atomic E-state index is 11.6. The quantitative estimate of drug-likeness (QED) is 0.675. The van der Waals surface area contributed by atoms with E-state index in [2.05, 4.69) is 4.74 Å². The summed E-state index contributed by atoms with van der Waals surface area (Å²) in [6, 6.07) is 0. The number of ether oxygens (including phenoxy) is 2. The Hall–Kier alpha value is -1.06. The molecule has 0 saturated carbocycles. The largest absolute Gasteiger partial charge is 0.469 e. The molecular weight excluding hydrogens is 196 g/mol. The van der Waals surface area contributed by atoms with Crippen LogP contribution in [0.1, 0.15) is 34.6 Å². The van der Waals surface area contributed by atoms with E-state index in [1.165, 1.54) is 7.11 Å². The van der Waals surface area contributed by atoms with Gasteiger partial charge in [-0.05, 0) is 20.8 Å². The highest BCUT2D eigenvalue weighted by Gasteiger charge is 2.30. The zero-order valence-electron chi connectivity index (χ0n) is 10.3. The SMILES string of the molecule is COC(=O)[C@H](C)[C@@H](C)C(=O)OC(C)(C)C. The highest BCUT2D eigenvalue weighted by Crippen LogP contribution is 2.18. The zero-order valence-corrected chi connectivity index (χ0v) is 10.3. The molecule has 0 rings (SSSR count). The fourth-order valence-corrected chi connectivity index (χ4v) is 0.989. The Kier molecular flexibility index (Phi) is 4.78. The Bertz CT molecular complexity index is 239. The van der Waals surface area contributed by atoms with Gasteiger partial charge in [0.05, 0.1) is 18.9 Å². The summed E-state index contributed by atoms with van der Waals surface area (Å²) in [5, 5.41) is 0. The lowest BCUT2D eigenvalue weighted by atomic mass is 9.96. The van der Waals surface area contributed by atoms with Gasteiger partial charge in [-0.2, -0.15) is 0 Å². The minimum Gasteiger partial charge on any atom is -0.469 e. The number of carbonyl (C=O) groups excluding carboxylic acids is 2. The molecule has 0 aliphatic carbocycles. The van der Waals surface area contributed by atoms with E-state index in [1.807, 2.05) is 0 Å². The number of carbonyl (C=O) groups is 2. The molecule has 0 fully saturated rings. The van der Waals surface area contributed by atoms with Crippen molar-refractivity contribution in [2.75, 3.05) is 7.11 Å². The molecular formula is C11H20O4. The molecule has 88 valence electrons. The van der Waals surface area contributed by atoms with E-state index in [9.17, 15) is 9.59 Å². The van der Waals surface area contributed by atoms with Crippen molar-refractivity contribution in [2.45, 2.75) is 40.2 Å². The van der Waals surface area contributed by atoms with Gasteiger partial charge in [-0.25, -0.2) is 0 Å². The van der Waals surface area contributed by atoms with E-state index in [4.69, 9.17) is 4.74 Å². The van der Waals surface area contributed by atoms with Gasteiger partial charge in [-0.3, -0.25) is 9.59 Å². The number of rotatable bonds is 3. The summed E-state index contributed by atoms with van der Waals surface area (Å²) in [5.41, 5.74) is -0.527. The second-order valence-electron chi connectivity index (χ2n) is 4.63. The van der Waals surface area contributed by atoms with Crippen molar-refractivity contribution in [1.29, 1.82) is 0 Å². The molecule has 2 atom stereocenters. The molecule has 0 aromatic heterocycles. The normalized spacial score (nSPS) is 15.3. The average molecular weight is 216 g/mol. The minimum atomic E-state index is -0.527. The third-order valence-corrected chi connectivity index (χ3v) is 2.10. The molecule has 0 aromatic rings. The molecule has 4 nitrogen and oxygen atoms in total. The van der Waals surface area contributed by atoms with Crippen LogP contribution in [0, 0.1) is 11.8 Å². The molecule has 0 radical (unpaired) electrons. The van der Waals surface area contributed by atoms with Gasteiger partial charge in [0.15, 0.2) is 0 Å². The Morgan fingerprint density at radius 2 is 1.40 bits per heavy atom. The van der Waals surface area contributed by atoms with E-state index in [0.717, 1.165) is 0 Å². The minimum absolute atomic E-state index is 0.375. The molecule has 0 unspecified atom stereocenters. The van der Waals surface area contributed by atoms with Crippen LogP contribution in [-0.4, -0.2) is 24.6 Å². The fourth-order valence-electron chi connectivity index (χ4n) is 0.989. The monoisotopic (exact) mass is 216 g/mol. The van der Waals surface area contributed by atoms with Gasteiger partial charge < -0.3 is 9.47 Å². The first-order valence-electron chi connectivity index (χ1n) is 4.99. The number of hydrogen-bond acceptors (Lipinski definition) is 4. The van der Waals surface area contributed by atoms with Gasteiger partial charge in [0.1, 0.15) is 5.60 Å². The van der Waals surface area contributed by atoms with Gasteiger partial charge in [-0.1, -0.05) is 13.8 Å². The zero-order chi connectivity index (χ0) is 12.2. The molecule has 0 aromatic carbocycles. The molecule has 0 amide bonds. The third-order valence-electron chi connectivity index (χ3n) is 2.10. The van der Waals surface area contributed by atoms with Gasteiger partial charge in [-0.15, -0.1) is 0 Å². The highest BCUT2D eigenvalue weighted by atomic mass is 16.6. The maximum atomic E-state index is 11.6. The van der Waals surface area contributed by atoms with Crippen LogP contribution in [0.25, 0.3) is 0 Å². The average Bonchev–Trinajstić information content (AvgIpc) is 2.11. The molecule has 0 N–H and O–H groups in total. The number of hydrogen-bond donors (Lipinski definition) is 0. The van der Waals surface area contributed by atoms with Crippen LogP contribution in [-0.2, 0) is 19.1 Å². The fraction of sp³-hybridized carbons (Fsp3) is 0.818. The predicted octanol–water partition coefficient (Wildman–Crippen LogP) is 1.77. The summed E-state index contributed by atoms with van der Waals surface area (Å²) in [6.07, 6.45) is 0. The molecule has 0 bridgehead atoms. The summed E-state index contributed by atoms with van der Waals surface area (Å²) >= 11 is 0. The number of methoxy groups -OCH3 is 1. The van der Waals surface area contributed by atoms with Gasteiger partial charge in [0, 0.05) is 0 Å². The van der Waals surface area contributed by atoms with E-state index in [0.29, 0.717) is 0 Å². The van der Waals surface area contributed by atoms with E-state index >= 15 is 0 Å². The molecule has 0 aliphatic heterocycles. The van der Waals surface area contributed by atoms with Crippen molar-refractivity contribution in [3.8, 4) is 0 Å². The third kappa shape index (κ3) is 4.81. The topological polar surface area (TPSA) is 52.6 Å². The summed E-state index contributed by atoms with van der Waals surface area (Å²) < 4.78 is 9.74. The lowest BCUT2D eigenvalue weighted by molar-refractivity contribution is -0.166. The van der Waals surface area contributed by atoms with E-state index < -0.39 is 23.4 Å². The lowest BCUT2D eigenvalue weighted by Crippen LogP contribution is -2.33. The van der Waals surface area contributed by atoms with Crippen LogP contribution in [0.5, 0.6) is 0 Å². The first-order valence-corrected chi connectivity index (χ1v) is 4.99. The smallest absolute Gasteiger partial charge is 0.310 e. The van der Waals surface area contributed by atoms with Crippen LogP contribution in [0.15, 0.2) is 0 Å². The van der Waals surface area contributed by atoms with Crippen molar-refractivity contribution < 1.29 is 19.1 Å². The number of esters is 2. The van der Waals surface area contributed by atoms with Gasteiger partial charge in [0.2, 0.25) is 0 Å². The van der Waals surface area contributed by atoms with Crippen LogP contribution in [0.2, 0.25) is 0 Å². The summed E-state index contributed by atoms with van der Waals surface area (Å²) in [4.78, 5) is 22.8. The molecule has 0 heterocycles. The highest BCUT2D eigenvalue weighted by molar-refractivity contribution is 5.81. The van der Waals surface area contributed by atoms with E-state index in [-0.39, 0.29) is 5.97 Å².